The van der Waals surface area contributed by atoms with Crippen LogP contribution in [-0.4, -0.2) is 23.8 Å². The molecule has 5 nitrogen and oxygen atoms in total. The third kappa shape index (κ3) is 6.53. The number of aliphatic carboxylic acids is 1. The number of rotatable bonds is 9. The van der Waals surface area contributed by atoms with Gasteiger partial charge in [-0.05, 0) is 61.7 Å². The summed E-state index contributed by atoms with van der Waals surface area (Å²) in [6.45, 7) is 2.80. The zero-order valence-electron chi connectivity index (χ0n) is 19.4. The molecule has 0 unspecified atom stereocenters. The largest absolute Gasteiger partial charge is 0.478 e. The molecule has 11 heteroatoms. The van der Waals surface area contributed by atoms with Gasteiger partial charge < -0.3 is 9.84 Å². The Balaban J connectivity index is 1.83. The van der Waals surface area contributed by atoms with Gasteiger partial charge in [0.25, 0.3) is 0 Å². The highest BCUT2D eigenvalue weighted by Gasteiger charge is 2.31. The molecule has 0 atom stereocenters. The first kappa shape index (κ1) is 27.9. The van der Waals surface area contributed by atoms with Crippen LogP contribution in [0.4, 0.5) is 13.2 Å². The number of carbonyl (C=O) groups is 1. The predicted molar refractivity (Wildman–Crippen MR) is 135 cm³/mol. The van der Waals surface area contributed by atoms with E-state index in [4.69, 9.17) is 32.8 Å². The number of thiophene rings is 1. The van der Waals surface area contributed by atoms with E-state index in [0.717, 1.165) is 21.9 Å². The van der Waals surface area contributed by atoms with Crippen molar-refractivity contribution in [2.45, 2.75) is 32.0 Å². The number of halogens is 5. The summed E-state index contributed by atoms with van der Waals surface area (Å²) in [7, 11) is 1.46. The lowest BCUT2D eigenvalue weighted by Gasteiger charge is -2.23. The number of hydroxylamine groups is 1. The number of nitrogens with one attached hydrogen (secondary N) is 1. The van der Waals surface area contributed by atoms with Crippen molar-refractivity contribution in [1.82, 2.24) is 5.48 Å². The average Bonchev–Trinajstić information content (AvgIpc) is 3.30. The Kier molecular flexibility index (Phi) is 8.61. The highest BCUT2D eigenvalue weighted by atomic mass is 35.5. The topological polar surface area (TPSA) is 67.8 Å². The van der Waals surface area contributed by atoms with Gasteiger partial charge in [-0.3, -0.25) is 10.3 Å². The van der Waals surface area contributed by atoms with Crippen LogP contribution >= 0.6 is 34.5 Å². The van der Waals surface area contributed by atoms with Gasteiger partial charge in [-0.2, -0.15) is 13.2 Å². The lowest BCUT2D eigenvalue weighted by molar-refractivity contribution is -0.152. The predicted octanol–water partition coefficient (Wildman–Crippen LogP) is 7.72. The van der Waals surface area contributed by atoms with E-state index in [1.165, 1.54) is 44.4 Å². The smallest absolute Gasteiger partial charge is 0.416 e. The minimum atomic E-state index is -4.39. The molecule has 3 rings (SSSR count). The molecule has 2 N–H and O–H groups in total. The van der Waals surface area contributed by atoms with E-state index in [2.05, 4.69) is 5.48 Å². The second kappa shape index (κ2) is 11.1. The molecular formula is C25H22Cl2F3NO4S. The van der Waals surface area contributed by atoms with E-state index in [1.54, 1.807) is 12.1 Å². The summed E-state index contributed by atoms with van der Waals surface area (Å²) in [6.07, 6.45) is -2.22. The van der Waals surface area contributed by atoms with Gasteiger partial charge in [-0.15, -0.1) is 11.3 Å². The standard InChI is InChI=1S/C25H22Cl2F3NO4S/c1-24(2,23(32)33)35-18-11-7-15(21(26)22(18)27)6-10-17(31-34-3)20-13-12-19(36-20)14-4-8-16(9-5-14)25(28,29)30/h4-5,7-13,31H,6H2,1-3H3,(H,32,33). The zero-order valence-corrected chi connectivity index (χ0v) is 21.7. The summed E-state index contributed by atoms with van der Waals surface area (Å²) < 4.78 is 44.0. The number of carboxylic acids is 1. The number of allylic oxidation sites excluding steroid dienone is 1. The summed E-state index contributed by atoms with van der Waals surface area (Å²) >= 11 is 14.1. The summed E-state index contributed by atoms with van der Waals surface area (Å²) in [4.78, 5) is 18.0. The molecule has 0 aliphatic carbocycles. The van der Waals surface area contributed by atoms with Gasteiger partial charge in [-0.1, -0.05) is 47.5 Å². The van der Waals surface area contributed by atoms with E-state index in [0.29, 0.717) is 23.2 Å². The highest BCUT2D eigenvalue weighted by molar-refractivity contribution is 7.16. The number of hydrogen-bond donors (Lipinski definition) is 2. The Bertz CT molecular complexity index is 1270. The van der Waals surface area contributed by atoms with E-state index in [-0.39, 0.29) is 15.8 Å². The first-order valence-corrected chi connectivity index (χ1v) is 12.1. The highest BCUT2D eigenvalue weighted by Crippen LogP contribution is 2.38. The fourth-order valence-electron chi connectivity index (χ4n) is 3.10. The third-order valence-electron chi connectivity index (χ3n) is 5.11. The molecule has 0 aliphatic heterocycles. The van der Waals surface area contributed by atoms with Crippen LogP contribution in [-0.2, 0) is 22.2 Å². The van der Waals surface area contributed by atoms with Gasteiger partial charge in [0.2, 0.25) is 0 Å². The lowest BCUT2D eigenvalue weighted by Crippen LogP contribution is -2.37. The van der Waals surface area contributed by atoms with Gasteiger partial charge in [0, 0.05) is 4.88 Å². The number of carboxylic acid groups (broad SMARTS) is 1. The van der Waals surface area contributed by atoms with E-state index in [9.17, 15) is 23.1 Å². The van der Waals surface area contributed by atoms with Crippen molar-refractivity contribution in [2.24, 2.45) is 0 Å². The van der Waals surface area contributed by atoms with Crippen molar-refractivity contribution < 1.29 is 32.6 Å². The Morgan fingerprint density at radius 2 is 1.72 bits per heavy atom. The number of ether oxygens (including phenoxy) is 1. The SMILES string of the molecule is CONC(=CCc1ccc(OC(C)(C)C(=O)O)c(Cl)c1Cl)c1ccc(-c2ccc(C(F)(F)F)cc2)s1. The van der Waals surface area contributed by atoms with Gasteiger partial charge >= 0.3 is 12.1 Å². The minimum absolute atomic E-state index is 0.0962. The first-order chi connectivity index (χ1) is 16.8. The van der Waals surface area contributed by atoms with Crippen molar-refractivity contribution in [2.75, 3.05) is 7.11 Å². The van der Waals surface area contributed by atoms with E-state index >= 15 is 0 Å². The zero-order chi connectivity index (χ0) is 26.7. The fraction of sp³-hybridized carbons (Fsp3) is 0.240. The summed E-state index contributed by atoms with van der Waals surface area (Å²) in [5.74, 6) is -1.000. The normalized spacial score (nSPS) is 12.5. The molecule has 0 bridgehead atoms. The maximum atomic E-state index is 12.8. The minimum Gasteiger partial charge on any atom is -0.478 e. The monoisotopic (exact) mass is 559 g/mol. The van der Waals surface area contributed by atoms with Crippen LogP contribution in [0.5, 0.6) is 5.75 Å². The van der Waals surface area contributed by atoms with Gasteiger partial charge in [0.05, 0.1) is 28.3 Å². The molecule has 0 fully saturated rings. The molecule has 0 spiro atoms. The molecule has 0 saturated heterocycles. The molecule has 1 heterocycles. The molecule has 0 amide bonds. The van der Waals surface area contributed by atoms with Crippen molar-refractivity contribution in [3.05, 3.63) is 80.7 Å². The molecule has 0 radical (unpaired) electrons. The van der Waals surface area contributed by atoms with E-state index < -0.39 is 23.3 Å². The van der Waals surface area contributed by atoms with Crippen molar-refractivity contribution in [1.29, 1.82) is 0 Å². The van der Waals surface area contributed by atoms with Crippen LogP contribution in [0.1, 0.15) is 29.9 Å². The van der Waals surface area contributed by atoms with Crippen LogP contribution in [0.3, 0.4) is 0 Å². The second-order valence-electron chi connectivity index (χ2n) is 8.14. The Hall–Kier alpha value is -2.72. The van der Waals surface area contributed by atoms with Crippen molar-refractivity contribution in [3.8, 4) is 16.2 Å². The van der Waals surface area contributed by atoms with Crippen LogP contribution in [0, 0.1) is 0 Å². The number of alkyl halides is 3. The molecule has 2 aromatic carbocycles. The van der Waals surface area contributed by atoms with Crippen LogP contribution in [0.15, 0.2) is 54.6 Å². The fourth-order valence-corrected chi connectivity index (χ4v) is 4.56. The van der Waals surface area contributed by atoms with Gasteiger partial charge in [0.15, 0.2) is 5.60 Å². The van der Waals surface area contributed by atoms with E-state index in [1.807, 2.05) is 18.2 Å². The summed E-state index contributed by atoms with van der Waals surface area (Å²) in [5.41, 5.74) is 2.56. The molecule has 3 aromatic rings. The molecule has 0 saturated carbocycles. The Morgan fingerprint density at radius 1 is 1.06 bits per heavy atom. The molecule has 192 valence electrons. The summed E-state index contributed by atoms with van der Waals surface area (Å²) in [6, 6.07) is 11.9. The van der Waals surface area contributed by atoms with Gasteiger partial charge in [-0.25, -0.2) is 4.79 Å². The number of benzene rings is 2. The molecule has 1 aromatic heterocycles. The quantitative estimate of drug-likeness (QED) is 0.263. The van der Waals surface area contributed by atoms with Crippen LogP contribution in [0.2, 0.25) is 10.0 Å². The average molecular weight is 560 g/mol. The molecular weight excluding hydrogens is 538 g/mol. The van der Waals surface area contributed by atoms with Crippen molar-refractivity contribution >= 4 is 46.2 Å². The lowest BCUT2D eigenvalue weighted by atomic mass is 10.1. The first-order valence-electron chi connectivity index (χ1n) is 10.5. The molecule has 0 aliphatic rings. The number of hydrogen-bond acceptors (Lipinski definition) is 5. The van der Waals surface area contributed by atoms with Crippen molar-refractivity contribution in [3.63, 3.8) is 0 Å². The molecule has 36 heavy (non-hydrogen) atoms. The Morgan fingerprint density at radius 3 is 2.31 bits per heavy atom. The third-order valence-corrected chi connectivity index (χ3v) is 7.18. The van der Waals surface area contributed by atoms with Crippen LogP contribution in [0.25, 0.3) is 16.1 Å². The summed E-state index contributed by atoms with van der Waals surface area (Å²) in [5, 5.41) is 9.59. The maximum Gasteiger partial charge on any atom is 0.416 e. The van der Waals surface area contributed by atoms with Gasteiger partial charge in [0.1, 0.15) is 10.8 Å². The maximum absolute atomic E-state index is 12.8. The van der Waals surface area contributed by atoms with Crippen LogP contribution < -0.4 is 10.2 Å². The second-order valence-corrected chi connectivity index (χ2v) is 9.98. The Labute approximate surface area is 220 Å².